The second-order valence-electron chi connectivity index (χ2n) is 3.72. The van der Waals surface area contributed by atoms with Crippen molar-refractivity contribution in [2.45, 2.75) is 13.8 Å². The van der Waals surface area contributed by atoms with Crippen LogP contribution < -0.4 is 5.32 Å². The topological polar surface area (TPSA) is 86.6 Å². The second kappa shape index (κ2) is 4.65. The summed E-state index contributed by atoms with van der Waals surface area (Å²) in [5.74, 6) is -1.80. The number of phenolic OH excluding ortho intramolecular Hbond substituents is 1. The van der Waals surface area contributed by atoms with Gasteiger partial charge in [0, 0.05) is 17.7 Å². The Morgan fingerprint density at radius 2 is 1.88 bits per heavy atom. The number of hydrogen-bond donors (Lipinski definition) is 3. The van der Waals surface area contributed by atoms with E-state index in [-0.39, 0.29) is 28.8 Å². The van der Waals surface area contributed by atoms with Crippen molar-refractivity contribution in [3.05, 3.63) is 23.8 Å². The van der Waals surface area contributed by atoms with E-state index in [9.17, 15) is 14.7 Å². The van der Waals surface area contributed by atoms with Crippen LogP contribution in [0.4, 0.5) is 5.69 Å². The molecule has 3 N–H and O–H groups in total. The molecule has 0 fully saturated rings. The molecule has 0 aromatic heterocycles. The van der Waals surface area contributed by atoms with Gasteiger partial charge in [0.2, 0.25) is 5.91 Å². The smallest absolute Gasteiger partial charge is 0.335 e. The van der Waals surface area contributed by atoms with Crippen molar-refractivity contribution in [1.82, 2.24) is 0 Å². The Morgan fingerprint density at radius 1 is 1.25 bits per heavy atom. The summed E-state index contributed by atoms with van der Waals surface area (Å²) < 4.78 is 0. The molecule has 1 aromatic carbocycles. The molecule has 5 nitrogen and oxygen atoms in total. The highest BCUT2D eigenvalue weighted by Gasteiger charge is 2.10. The fourth-order valence-corrected chi connectivity index (χ4v) is 1.09. The maximum atomic E-state index is 11.4. The van der Waals surface area contributed by atoms with Crippen molar-refractivity contribution < 1.29 is 19.8 Å². The molecule has 0 atom stereocenters. The SMILES string of the molecule is CC(C)C(=O)Nc1cc(O)cc(C(=O)O)c1. The van der Waals surface area contributed by atoms with E-state index in [4.69, 9.17) is 5.11 Å². The van der Waals surface area contributed by atoms with Crippen LogP contribution in [-0.2, 0) is 4.79 Å². The molecule has 0 aliphatic rings. The predicted octanol–water partition coefficient (Wildman–Crippen LogP) is 1.68. The average molecular weight is 223 g/mol. The summed E-state index contributed by atoms with van der Waals surface area (Å²) in [6.07, 6.45) is 0. The first-order chi connectivity index (χ1) is 7.40. The molecule has 0 aliphatic heterocycles. The minimum absolute atomic E-state index is 0.0703. The van der Waals surface area contributed by atoms with E-state index in [1.165, 1.54) is 12.1 Å². The largest absolute Gasteiger partial charge is 0.508 e. The Labute approximate surface area is 92.7 Å². The number of aromatic hydroxyl groups is 1. The maximum absolute atomic E-state index is 11.4. The minimum atomic E-state index is -1.16. The highest BCUT2D eigenvalue weighted by atomic mass is 16.4. The van der Waals surface area contributed by atoms with Crippen molar-refractivity contribution in [3.63, 3.8) is 0 Å². The van der Waals surface area contributed by atoms with Crippen LogP contribution in [0.15, 0.2) is 18.2 Å². The first kappa shape index (κ1) is 12.0. The molecule has 1 aromatic rings. The first-order valence-corrected chi connectivity index (χ1v) is 4.78. The van der Waals surface area contributed by atoms with Crippen LogP contribution in [0.3, 0.4) is 0 Å². The molecule has 0 radical (unpaired) electrons. The Kier molecular flexibility index (Phi) is 3.50. The van der Waals surface area contributed by atoms with Gasteiger partial charge in [0.05, 0.1) is 5.56 Å². The molecule has 0 heterocycles. The van der Waals surface area contributed by atoms with E-state index < -0.39 is 5.97 Å². The van der Waals surface area contributed by atoms with Gasteiger partial charge in [0.15, 0.2) is 0 Å². The van der Waals surface area contributed by atoms with Gasteiger partial charge in [0.1, 0.15) is 5.75 Å². The van der Waals surface area contributed by atoms with Gasteiger partial charge in [0.25, 0.3) is 0 Å². The number of aromatic carboxylic acids is 1. The molecule has 16 heavy (non-hydrogen) atoms. The molecule has 0 saturated heterocycles. The third kappa shape index (κ3) is 2.98. The lowest BCUT2D eigenvalue weighted by Crippen LogP contribution is -2.17. The zero-order valence-corrected chi connectivity index (χ0v) is 9.02. The number of carboxylic acids is 1. The monoisotopic (exact) mass is 223 g/mol. The third-order valence-corrected chi connectivity index (χ3v) is 1.96. The zero-order chi connectivity index (χ0) is 12.3. The third-order valence-electron chi connectivity index (χ3n) is 1.96. The van der Waals surface area contributed by atoms with Gasteiger partial charge < -0.3 is 15.5 Å². The Hall–Kier alpha value is -2.04. The van der Waals surface area contributed by atoms with E-state index in [2.05, 4.69) is 5.32 Å². The van der Waals surface area contributed by atoms with Crippen molar-refractivity contribution in [2.75, 3.05) is 5.32 Å². The molecule has 0 aliphatic carbocycles. The normalized spacial score (nSPS) is 10.2. The van der Waals surface area contributed by atoms with E-state index >= 15 is 0 Å². The number of rotatable bonds is 3. The molecule has 0 saturated carbocycles. The molecular weight excluding hydrogens is 210 g/mol. The van der Waals surface area contributed by atoms with Crippen LogP contribution in [0.1, 0.15) is 24.2 Å². The van der Waals surface area contributed by atoms with E-state index in [0.717, 1.165) is 6.07 Å². The van der Waals surface area contributed by atoms with Crippen LogP contribution in [-0.4, -0.2) is 22.1 Å². The minimum Gasteiger partial charge on any atom is -0.508 e. The van der Waals surface area contributed by atoms with Crippen LogP contribution in [0.5, 0.6) is 5.75 Å². The molecule has 0 unspecified atom stereocenters. The second-order valence-corrected chi connectivity index (χ2v) is 3.72. The highest BCUT2D eigenvalue weighted by Crippen LogP contribution is 2.20. The van der Waals surface area contributed by atoms with Crippen LogP contribution >= 0.6 is 0 Å². The number of anilines is 1. The van der Waals surface area contributed by atoms with Gasteiger partial charge in [-0.25, -0.2) is 4.79 Å². The van der Waals surface area contributed by atoms with E-state index in [0.29, 0.717) is 0 Å². The summed E-state index contributed by atoms with van der Waals surface area (Å²) in [6.45, 7) is 3.44. The average Bonchev–Trinajstić information content (AvgIpc) is 2.16. The lowest BCUT2D eigenvalue weighted by molar-refractivity contribution is -0.118. The number of carbonyl (C=O) groups excluding carboxylic acids is 1. The maximum Gasteiger partial charge on any atom is 0.335 e. The summed E-state index contributed by atoms with van der Waals surface area (Å²) in [6, 6.07) is 3.71. The summed E-state index contributed by atoms with van der Waals surface area (Å²) >= 11 is 0. The number of carbonyl (C=O) groups is 2. The number of carboxylic acid groups (broad SMARTS) is 1. The van der Waals surface area contributed by atoms with Gasteiger partial charge >= 0.3 is 5.97 Å². The molecule has 1 rings (SSSR count). The standard InChI is InChI=1S/C11H13NO4/c1-6(2)10(14)12-8-3-7(11(15)16)4-9(13)5-8/h3-6,13H,1-2H3,(H,12,14)(H,15,16). The van der Waals surface area contributed by atoms with Gasteiger partial charge in [-0.05, 0) is 12.1 Å². The number of benzene rings is 1. The number of phenols is 1. The fourth-order valence-electron chi connectivity index (χ4n) is 1.09. The lowest BCUT2D eigenvalue weighted by Gasteiger charge is -2.08. The molecule has 1 amide bonds. The molecular formula is C11H13NO4. The van der Waals surface area contributed by atoms with Crippen LogP contribution in [0.2, 0.25) is 0 Å². The summed E-state index contributed by atoms with van der Waals surface area (Å²) in [7, 11) is 0. The number of amides is 1. The highest BCUT2D eigenvalue weighted by molar-refractivity contribution is 5.95. The van der Waals surface area contributed by atoms with Crippen LogP contribution in [0.25, 0.3) is 0 Å². The number of nitrogens with one attached hydrogen (secondary N) is 1. The van der Waals surface area contributed by atoms with Gasteiger partial charge in [-0.15, -0.1) is 0 Å². The summed E-state index contributed by atoms with van der Waals surface area (Å²) in [4.78, 5) is 22.1. The number of hydrogen-bond acceptors (Lipinski definition) is 3. The molecule has 86 valence electrons. The van der Waals surface area contributed by atoms with Crippen LogP contribution in [0, 0.1) is 5.92 Å². The van der Waals surface area contributed by atoms with Crippen molar-refractivity contribution in [2.24, 2.45) is 5.92 Å². The Balaban J connectivity index is 2.97. The van der Waals surface area contributed by atoms with E-state index in [1.54, 1.807) is 13.8 Å². The van der Waals surface area contributed by atoms with Crippen molar-refractivity contribution in [3.8, 4) is 5.75 Å². The molecule has 0 spiro atoms. The predicted molar refractivity (Wildman–Crippen MR) is 58.5 cm³/mol. The quantitative estimate of drug-likeness (QED) is 0.727. The van der Waals surface area contributed by atoms with Crippen molar-refractivity contribution in [1.29, 1.82) is 0 Å². The summed E-state index contributed by atoms with van der Waals surface area (Å²) in [5.41, 5.74) is 0.204. The van der Waals surface area contributed by atoms with E-state index in [1.807, 2.05) is 0 Å². The van der Waals surface area contributed by atoms with Crippen molar-refractivity contribution >= 4 is 17.6 Å². The Bertz CT molecular complexity index is 426. The molecule has 5 heteroatoms. The van der Waals surface area contributed by atoms with Gasteiger partial charge in [-0.2, -0.15) is 0 Å². The summed E-state index contributed by atoms with van der Waals surface area (Å²) in [5, 5.41) is 20.5. The fraction of sp³-hybridized carbons (Fsp3) is 0.273. The zero-order valence-electron chi connectivity index (χ0n) is 9.02. The molecule has 0 bridgehead atoms. The van der Waals surface area contributed by atoms with Gasteiger partial charge in [-0.3, -0.25) is 4.79 Å². The first-order valence-electron chi connectivity index (χ1n) is 4.78. The van der Waals surface area contributed by atoms with Gasteiger partial charge in [-0.1, -0.05) is 13.8 Å². The Morgan fingerprint density at radius 3 is 2.38 bits per heavy atom. The lowest BCUT2D eigenvalue weighted by atomic mass is 10.1.